The van der Waals surface area contributed by atoms with E-state index in [-0.39, 0.29) is 5.41 Å². The van der Waals surface area contributed by atoms with Crippen LogP contribution in [-0.2, 0) is 5.41 Å². The van der Waals surface area contributed by atoms with E-state index in [2.05, 4.69) is 111 Å². The zero-order valence-corrected chi connectivity index (χ0v) is 29.5. The van der Waals surface area contributed by atoms with E-state index in [1.807, 2.05) is 78.9 Å². The second-order valence-electron chi connectivity index (χ2n) is 14.0. The monoisotopic (exact) mass is 678 g/mol. The molecule has 7 aromatic carbocycles. The van der Waals surface area contributed by atoms with E-state index in [4.69, 9.17) is 15.0 Å². The number of hydrogen-bond donors (Lipinski definition) is 0. The number of nitrogens with zero attached hydrogens (tertiary/aromatic N) is 4. The average molecular weight is 679 g/mol. The van der Waals surface area contributed by atoms with Gasteiger partial charge in [0.25, 0.3) is 0 Å². The van der Waals surface area contributed by atoms with Crippen molar-refractivity contribution in [2.45, 2.75) is 19.3 Å². The standard InChI is InChI=1S/C49H34N4/c1-49(2)44-26-32(31-50)18-24-42(44)43-25-23-38(30-45(43)49)40-27-39(35-21-19-34(20-22-35)33-12-6-3-7-13-33)28-41(29-40)48-52-46(36-14-8-4-9-15-36)51-47(53-48)37-16-10-5-11-17-37/h3-30H,1-2H3. The zero-order valence-electron chi connectivity index (χ0n) is 29.5. The molecule has 0 amide bonds. The molecule has 4 nitrogen and oxygen atoms in total. The summed E-state index contributed by atoms with van der Waals surface area (Å²) in [6, 6.07) is 61.2. The lowest BCUT2D eigenvalue weighted by atomic mass is 9.81. The van der Waals surface area contributed by atoms with Crippen LogP contribution in [0.3, 0.4) is 0 Å². The molecule has 0 saturated carbocycles. The first-order valence-corrected chi connectivity index (χ1v) is 17.8. The predicted octanol–water partition coefficient (Wildman–Crippen LogP) is 12.1. The second kappa shape index (κ2) is 13.0. The first kappa shape index (κ1) is 32.0. The van der Waals surface area contributed by atoms with Crippen molar-refractivity contribution in [3.63, 3.8) is 0 Å². The average Bonchev–Trinajstić information content (AvgIpc) is 3.46. The zero-order chi connectivity index (χ0) is 35.9. The van der Waals surface area contributed by atoms with Gasteiger partial charge in [-0.25, -0.2) is 15.0 Å². The fourth-order valence-electron chi connectivity index (χ4n) is 7.50. The Labute approximate surface area is 309 Å². The molecular formula is C49H34N4. The van der Waals surface area contributed by atoms with Crippen LogP contribution in [0.5, 0.6) is 0 Å². The first-order chi connectivity index (χ1) is 25.9. The van der Waals surface area contributed by atoms with Gasteiger partial charge in [0.15, 0.2) is 17.5 Å². The van der Waals surface area contributed by atoms with Crippen molar-refractivity contribution in [1.29, 1.82) is 5.26 Å². The highest BCUT2D eigenvalue weighted by Crippen LogP contribution is 2.50. The quantitative estimate of drug-likeness (QED) is 0.176. The van der Waals surface area contributed by atoms with Crippen LogP contribution in [0.4, 0.5) is 0 Å². The van der Waals surface area contributed by atoms with Crippen molar-refractivity contribution < 1.29 is 0 Å². The van der Waals surface area contributed by atoms with Gasteiger partial charge in [-0.05, 0) is 92.0 Å². The van der Waals surface area contributed by atoms with Crippen molar-refractivity contribution in [2.24, 2.45) is 0 Å². The molecule has 0 bridgehead atoms. The molecule has 8 aromatic rings. The highest BCUT2D eigenvalue weighted by molar-refractivity contribution is 5.86. The molecule has 1 aliphatic rings. The largest absolute Gasteiger partial charge is 0.208 e. The van der Waals surface area contributed by atoms with Gasteiger partial charge < -0.3 is 0 Å². The van der Waals surface area contributed by atoms with Crippen molar-refractivity contribution >= 4 is 0 Å². The minimum absolute atomic E-state index is 0.259. The van der Waals surface area contributed by atoms with Gasteiger partial charge in [-0.15, -0.1) is 0 Å². The Bertz CT molecular complexity index is 2620. The molecule has 0 aliphatic heterocycles. The van der Waals surface area contributed by atoms with Gasteiger partial charge in [0, 0.05) is 22.1 Å². The Kier molecular flexibility index (Phi) is 7.83. The Morgan fingerprint density at radius 1 is 0.377 bits per heavy atom. The van der Waals surface area contributed by atoms with Crippen LogP contribution in [0, 0.1) is 11.3 Å². The highest BCUT2D eigenvalue weighted by Gasteiger charge is 2.36. The molecule has 0 atom stereocenters. The molecule has 1 aliphatic carbocycles. The number of hydrogen-bond acceptors (Lipinski definition) is 4. The fourth-order valence-corrected chi connectivity index (χ4v) is 7.50. The Morgan fingerprint density at radius 3 is 1.32 bits per heavy atom. The summed E-state index contributed by atoms with van der Waals surface area (Å²) in [7, 11) is 0. The summed E-state index contributed by atoms with van der Waals surface area (Å²) in [6.07, 6.45) is 0. The Hall–Kier alpha value is -6.96. The van der Waals surface area contributed by atoms with Gasteiger partial charge in [0.1, 0.15) is 0 Å². The number of nitriles is 1. The number of fused-ring (bicyclic) bond motifs is 3. The normalized spacial score (nSPS) is 12.5. The van der Waals surface area contributed by atoms with Gasteiger partial charge in [0.2, 0.25) is 0 Å². The van der Waals surface area contributed by atoms with Crippen molar-refractivity contribution in [2.75, 3.05) is 0 Å². The summed E-state index contributed by atoms with van der Waals surface area (Å²) in [6.45, 7) is 4.50. The third-order valence-corrected chi connectivity index (χ3v) is 10.4. The summed E-state index contributed by atoms with van der Waals surface area (Å²) >= 11 is 0. The SMILES string of the molecule is CC1(C)c2cc(C#N)ccc2-c2ccc(-c3cc(-c4ccc(-c5ccccc5)cc4)cc(-c4nc(-c5ccccc5)nc(-c5ccccc5)n4)c3)cc21. The van der Waals surface area contributed by atoms with Gasteiger partial charge in [-0.2, -0.15) is 5.26 Å². The van der Waals surface area contributed by atoms with Crippen molar-refractivity contribution in [1.82, 2.24) is 15.0 Å². The maximum atomic E-state index is 9.66. The van der Waals surface area contributed by atoms with Gasteiger partial charge >= 0.3 is 0 Å². The molecule has 0 unspecified atom stereocenters. The summed E-state index contributed by atoms with van der Waals surface area (Å²) in [5.74, 6) is 1.87. The second-order valence-corrected chi connectivity index (χ2v) is 14.0. The van der Waals surface area contributed by atoms with Crippen LogP contribution in [-0.4, -0.2) is 15.0 Å². The molecule has 0 radical (unpaired) electrons. The van der Waals surface area contributed by atoms with Crippen LogP contribution in [0.2, 0.25) is 0 Å². The summed E-state index contributed by atoms with van der Waals surface area (Å²) in [5, 5.41) is 9.66. The lowest BCUT2D eigenvalue weighted by Gasteiger charge is -2.22. The number of aromatic nitrogens is 3. The molecule has 1 aromatic heterocycles. The van der Waals surface area contributed by atoms with Gasteiger partial charge in [-0.3, -0.25) is 0 Å². The molecule has 4 heteroatoms. The van der Waals surface area contributed by atoms with Crippen molar-refractivity contribution in [3.8, 4) is 84.7 Å². The Morgan fingerprint density at radius 2 is 0.774 bits per heavy atom. The number of benzene rings is 7. The molecule has 9 rings (SSSR count). The molecule has 0 saturated heterocycles. The molecule has 53 heavy (non-hydrogen) atoms. The molecule has 0 spiro atoms. The topological polar surface area (TPSA) is 62.5 Å². The van der Waals surface area contributed by atoms with E-state index >= 15 is 0 Å². The van der Waals surface area contributed by atoms with E-state index in [0.717, 1.165) is 38.9 Å². The van der Waals surface area contributed by atoms with Crippen LogP contribution in [0.15, 0.2) is 170 Å². The molecular weight excluding hydrogens is 645 g/mol. The fraction of sp³-hybridized carbons (Fsp3) is 0.0612. The van der Waals surface area contributed by atoms with Gasteiger partial charge in [0.05, 0.1) is 11.6 Å². The van der Waals surface area contributed by atoms with Gasteiger partial charge in [-0.1, -0.05) is 147 Å². The minimum Gasteiger partial charge on any atom is -0.208 e. The molecule has 1 heterocycles. The molecule has 0 N–H and O–H groups in total. The third-order valence-electron chi connectivity index (χ3n) is 10.4. The summed E-state index contributed by atoms with van der Waals surface area (Å²) in [4.78, 5) is 15.1. The Balaban J connectivity index is 1.22. The van der Waals surface area contributed by atoms with Crippen molar-refractivity contribution in [3.05, 3.63) is 187 Å². The lowest BCUT2D eigenvalue weighted by molar-refractivity contribution is 0.660. The third kappa shape index (κ3) is 5.89. The molecule has 250 valence electrons. The molecule has 0 fully saturated rings. The van der Waals surface area contributed by atoms with E-state index in [9.17, 15) is 5.26 Å². The maximum absolute atomic E-state index is 9.66. The maximum Gasteiger partial charge on any atom is 0.164 e. The minimum atomic E-state index is -0.259. The first-order valence-electron chi connectivity index (χ1n) is 17.8. The van der Waals surface area contributed by atoms with E-state index in [0.29, 0.717) is 23.0 Å². The van der Waals surface area contributed by atoms with E-state index in [1.165, 1.54) is 33.4 Å². The smallest absolute Gasteiger partial charge is 0.164 e. The van der Waals surface area contributed by atoms with E-state index in [1.54, 1.807) is 0 Å². The van der Waals surface area contributed by atoms with Crippen LogP contribution < -0.4 is 0 Å². The van der Waals surface area contributed by atoms with E-state index < -0.39 is 0 Å². The highest BCUT2D eigenvalue weighted by atomic mass is 15.0. The predicted molar refractivity (Wildman–Crippen MR) is 215 cm³/mol. The van der Waals surface area contributed by atoms with Crippen LogP contribution >= 0.6 is 0 Å². The summed E-state index contributed by atoms with van der Waals surface area (Å²) in [5.41, 5.74) is 14.7. The lowest BCUT2D eigenvalue weighted by Crippen LogP contribution is -2.15. The number of rotatable bonds is 6. The van der Waals surface area contributed by atoms with Crippen LogP contribution in [0.25, 0.3) is 78.7 Å². The van der Waals surface area contributed by atoms with Crippen LogP contribution in [0.1, 0.15) is 30.5 Å². The summed E-state index contributed by atoms with van der Waals surface area (Å²) < 4.78 is 0.